The van der Waals surface area contributed by atoms with E-state index in [0.717, 1.165) is 0 Å². The summed E-state index contributed by atoms with van der Waals surface area (Å²) in [6.45, 7) is 10.4. The summed E-state index contributed by atoms with van der Waals surface area (Å²) in [6, 6.07) is 13.0. The van der Waals surface area contributed by atoms with Crippen LogP contribution in [0.1, 0.15) is 41.0 Å². The second-order valence-corrected chi connectivity index (χ2v) is 12.2. The molecule has 1 fully saturated rings. The first kappa shape index (κ1) is 28.3. The lowest BCUT2D eigenvalue weighted by Crippen LogP contribution is -2.37. The zero-order chi connectivity index (χ0) is 27.3. The molecule has 37 heavy (non-hydrogen) atoms. The minimum atomic E-state index is -3.66. The molecule has 2 aromatic carbocycles. The summed E-state index contributed by atoms with van der Waals surface area (Å²) < 4.78 is 27.9. The Morgan fingerprint density at radius 3 is 1.95 bits per heavy atom. The highest BCUT2D eigenvalue weighted by Crippen LogP contribution is 2.28. The number of carbonyl (C=O) groups excluding carboxylic acids is 3. The van der Waals surface area contributed by atoms with Crippen molar-refractivity contribution in [3.8, 4) is 0 Å². The van der Waals surface area contributed by atoms with Gasteiger partial charge in [-0.2, -0.15) is 4.31 Å². The molecule has 3 rings (SSSR count). The minimum Gasteiger partial charge on any atom is -0.326 e. The van der Waals surface area contributed by atoms with Crippen LogP contribution in [-0.4, -0.2) is 50.1 Å². The fourth-order valence-electron chi connectivity index (χ4n) is 4.25. The van der Waals surface area contributed by atoms with Crippen molar-refractivity contribution >= 4 is 44.8 Å². The van der Waals surface area contributed by atoms with Gasteiger partial charge in [-0.3, -0.25) is 14.4 Å². The summed E-state index contributed by atoms with van der Waals surface area (Å²) in [5.74, 6) is -0.812. The number of rotatable bonds is 10. The molecule has 1 aliphatic heterocycles. The van der Waals surface area contributed by atoms with Crippen molar-refractivity contribution in [2.45, 2.75) is 45.9 Å². The van der Waals surface area contributed by atoms with Crippen LogP contribution < -0.4 is 15.5 Å². The summed E-state index contributed by atoms with van der Waals surface area (Å²) in [5, 5.41) is 5.48. The van der Waals surface area contributed by atoms with E-state index in [2.05, 4.69) is 10.6 Å². The van der Waals surface area contributed by atoms with Crippen molar-refractivity contribution in [2.24, 2.45) is 17.8 Å². The monoisotopic (exact) mass is 528 g/mol. The molecule has 1 unspecified atom stereocenters. The molecule has 3 amide bonds. The predicted octanol–water partition coefficient (Wildman–Crippen LogP) is 3.94. The summed E-state index contributed by atoms with van der Waals surface area (Å²) >= 11 is 0. The van der Waals surface area contributed by atoms with E-state index in [4.69, 9.17) is 0 Å². The number of sulfonamides is 1. The summed E-state index contributed by atoms with van der Waals surface area (Å²) in [4.78, 5) is 38.4. The number of amides is 3. The molecule has 0 saturated carbocycles. The lowest BCUT2D eigenvalue weighted by Gasteiger charge is -2.25. The molecule has 1 saturated heterocycles. The van der Waals surface area contributed by atoms with E-state index in [-0.39, 0.29) is 47.4 Å². The zero-order valence-corrected chi connectivity index (χ0v) is 22.8. The lowest BCUT2D eigenvalue weighted by atomic mass is 10.1. The molecule has 2 aromatic rings. The smallest absolute Gasteiger partial charge is 0.243 e. The maximum absolute atomic E-state index is 13.2. The van der Waals surface area contributed by atoms with E-state index in [1.54, 1.807) is 41.3 Å². The van der Waals surface area contributed by atoms with Gasteiger partial charge in [0, 0.05) is 50.0 Å². The van der Waals surface area contributed by atoms with E-state index < -0.39 is 15.9 Å². The minimum absolute atomic E-state index is 0.0745. The van der Waals surface area contributed by atoms with Gasteiger partial charge in [-0.1, -0.05) is 27.7 Å². The first-order chi connectivity index (χ1) is 17.4. The summed E-state index contributed by atoms with van der Waals surface area (Å²) in [7, 11) is -3.66. The van der Waals surface area contributed by atoms with Crippen molar-refractivity contribution in [1.29, 1.82) is 0 Å². The van der Waals surface area contributed by atoms with Crippen LogP contribution in [0.5, 0.6) is 0 Å². The lowest BCUT2D eigenvalue weighted by molar-refractivity contribution is -0.122. The van der Waals surface area contributed by atoms with Crippen molar-refractivity contribution in [3.05, 3.63) is 48.5 Å². The third kappa shape index (κ3) is 7.39. The van der Waals surface area contributed by atoms with Crippen LogP contribution in [0, 0.1) is 17.8 Å². The van der Waals surface area contributed by atoms with E-state index in [9.17, 15) is 22.8 Å². The molecule has 1 aliphatic rings. The molecule has 2 N–H and O–H groups in total. The fourth-order valence-corrected chi connectivity index (χ4v) is 6.02. The molecule has 0 aliphatic carbocycles. The third-order valence-electron chi connectivity index (χ3n) is 5.89. The predicted molar refractivity (Wildman–Crippen MR) is 145 cm³/mol. The topological polar surface area (TPSA) is 116 Å². The van der Waals surface area contributed by atoms with Gasteiger partial charge in [0.25, 0.3) is 0 Å². The van der Waals surface area contributed by atoms with Crippen molar-refractivity contribution in [2.75, 3.05) is 35.2 Å². The summed E-state index contributed by atoms with van der Waals surface area (Å²) in [6.07, 6.45) is 0.0745. The second-order valence-electron chi connectivity index (χ2n) is 10.3. The number of carbonyl (C=O) groups is 3. The zero-order valence-electron chi connectivity index (χ0n) is 22.0. The number of anilines is 3. The molecule has 9 nitrogen and oxygen atoms in total. The maximum atomic E-state index is 13.2. The number of hydrogen-bond donors (Lipinski definition) is 2. The standard InChI is InChI=1S/C27H36N4O5S/c1-18(2)15-30(16-19(3)4)37(35,36)25-12-8-23(9-13-25)29-27(34)21-14-26(33)31(17-21)24-10-6-22(7-11-24)28-20(5)32/h6-13,18-19,21H,14-17H2,1-5H3,(H,28,32)(H,29,34). The van der Waals surface area contributed by atoms with Gasteiger partial charge >= 0.3 is 0 Å². The summed E-state index contributed by atoms with van der Waals surface area (Å²) in [5.41, 5.74) is 1.74. The van der Waals surface area contributed by atoms with Gasteiger partial charge in [0.05, 0.1) is 10.8 Å². The normalized spacial score (nSPS) is 16.1. The van der Waals surface area contributed by atoms with E-state index in [1.165, 1.54) is 23.4 Å². The molecule has 0 spiro atoms. The Morgan fingerprint density at radius 1 is 0.919 bits per heavy atom. The highest BCUT2D eigenvalue weighted by atomic mass is 32.2. The van der Waals surface area contributed by atoms with Gasteiger partial charge in [0.1, 0.15) is 0 Å². The molecular weight excluding hydrogens is 492 g/mol. The van der Waals surface area contributed by atoms with Gasteiger partial charge in [0.2, 0.25) is 27.7 Å². The maximum Gasteiger partial charge on any atom is 0.243 e. The third-order valence-corrected chi connectivity index (χ3v) is 7.74. The van der Waals surface area contributed by atoms with Gasteiger partial charge in [-0.25, -0.2) is 8.42 Å². The Bertz CT molecular complexity index is 1210. The average molecular weight is 529 g/mol. The Hall–Kier alpha value is -3.24. The Kier molecular flexibility index (Phi) is 9.09. The van der Waals surface area contributed by atoms with Crippen LogP contribution in [0.2, 0.25) is 0 Å². The Labute approximate surface area is 219 Å². The second kappa shape index (κ2) is 11.9. The first-order valence-corrected chi connectivity index (χ1v) is 13.9. The molecular formula is C27H36N4O5S. The van der Waals surface area contributed by atoms with Crippen molar-refractivity contribution < 1.29 is 22.8 Å². The molecule has 1 atom stereocenters. The van der Waals surface area contributed by atoms with Gasteiger partial charge in [0.15, 0.2) is 0 Å². The van der Waals surface area contributed by atoms with Gasteiger partial charge < -0.3 is 15.5 Å². The van der Waals surface area contributed by atoms with E-state index in [1.807, 2.05) is 27.7 Å². The largest absolute Gasteiger partial charge is 0.326 e. The Morgan fingerprint density at radius 2 is 1.43 bits per heavy atom. The van der Waals surface area contributed by atoms with Crippen LogP contribution >= 0.6 is 0 Å². The molecule has 0 bridgehead atoms. The number of nitrogens with one attached hydrogen (secondary N) is 2. The average Bonchev–Trinajstić information content (AvgIpc) is 3.20. The van der Waals surface area contributed by atoms with E-state index >= 15 is 0 Å². The van der Waals surface area contributed by atoms with Crippen LogP contribution in [0.25, 0.3) is 0 Å². The van der Waals surface area contributed by atoms with Crippen molar-refractivity contribution in [1.82, 2.24) is 4.31 Å². The molecule has 0 radical (unpaired) electrons. The fraction of sp³-hybridized carbons (Fsp3) is 0.444. The highest BCUT2D eigenvalue weighted by Gasteiger charge is 2.35. The van der Waals surface area contributed by atoms with Gasteiger partial charge in [-0.05, 0) is 60.4 Å². The van der Waals surface area contributed by atoms with Crippen molar-refractivity contribution in [3.63, 3.8) is 0 Å². The van der Waals surface area contributed by atoms with Crippen LogP contribution in [0.15, 0.2) is 53.4 Å². The molecule has 1 heterocycles. The SMILES string of the molecule is CC(=O)Nc1ccc(N2CC(C(=O)Nc3ccc(S(=O)(=O)N(CC(C)C)CC(C)C)cc3)CC2=O)cc1. The quantitative estimate of drug-likeness (QED) is 0.485. The van der Waals surface area contributed by atoms with E-state index in [0.29, 0.717) is 30.2 Å². The number of nitrogens with zero attached hydrogens (tertiary/aromatic N) is 2. The molecule has 200 valence electrons. The number of hydrogen-bond acceptors (Lipinski definition) is 5. The van der Waals surface area contributed by atoms with Crippen LogP contribution in [0.3, 0.4) is 0 Å². The number of benzene rings is 2. The van der Waals surface area contributed by atoms with Crippen LogP contribution in [-0.2, 0) is 24.4 Å². The van der Waals surface area contributed by atoms with Crippen LogP contribution in [0.4, 0.5) is 17.1 Å². The molecule has 10 heteroatoms. The highest BCUT2D eigenvalue weighted by molar-refractivity contribution is 7.89. The van der Waals surface area contributed by atoms with Gasteiger partial charge in [-0.15, -0.1) is 0 Å². The Balaban J connectivity index is 1.65. The molecule has 0 aromatic heterocycles. The first-order valence-electron chi connectivity index (χ1n) is 12.5.